The molecular formula is C59H96O6. The number of hydrogen-bond donors (Lipinski definition) is 0. The van der Waals surface area contributed by atoms with Crippen LogP contribution in [0.1, 0.15) is 226 Å². The van der Waals surface area contributed by atoms with Crippen LogP contribution in [0.4, 0.5) is 0 Å². The lowest BCUT2D eigenvalue weighted by Crippen LogP contribution is -2.30. The van der Waals surface area contributed by atoms with E-state index in [-0.39, 0.29) is 37.5 Å². The van der Waals surface area contributed by atoms with Gasteiger partial charge in [0.1, 0.15) is 13.2 Å². The van der Waals surface area contributed by atoms with Crippen LogP contribution in [0.5, 0.6) is 0 Å². The zero-order chi connectivity index (χ0) is 47.2. The minimum atomic E-state index is -0.814. The van der Waals surface area contributed by atoms with Gasteiger partial charge in [-0.05, 0) is 109 Å². The molecule has 6 nitrogen and oxygen atoms in total. The first kappa shape index (κ1) is 61.1. The summed E-state index contributed by atoms with van der Waals surface area (Å²) in [7, 11) is 0. The molecule has 0 fully saturated rings. The number of ether oxygens (including phenoxy) is 3. The summed E-state index contributed by atoms with van der Waals surface area (Å²) < 4.78 is 16.7. The van der Waals surface area contributed by atoms with Gasteiger partial charge in [0.15, 0.2) is 6.10 Å². The third-order valence-corrected chi connectivity index (χ3v) is 10.8. The van der Waals surface area contributed by atoms with Crippen LogP contribution in [0.2, 0.25) is 0 Å². The van der Waals surface area contributed by atoms with Crippen LogP contribution in [0.25, 0.3) is 0 Å². The van der Waals surface area contributed by atoms with E-state index in [0.29, 0.717) is 19.3 Å². The van der Waals surface area contributed by atoms with E-state index in [0.717, 1.165) is 103 Å². The molecule has 6 heteroatoms. The summed E-state index contributed by atoms with van der Waals surface area (Å²) in [4.78, 5) is 38.0. The maximum absolute atomic E-state index is 12.8. The smallest absolute Gasteiger partial charge is 0.306 e. The minimum Gasteiger partial charge on any atom is -0.462 e. The molecule has 0 rings (SSSR count). The summed E-state index contributed by atoms with van der Waals surface area (Å²) >= 11 is 0. The van der Waals surface area contributed by atoms with E-state index in [1.807, 2.05) is 0 Å². The molecule has 0 aliphatic heterocycles. The van der Waals surface area contributed by atoms with E-state index in [1.165, 1.54) is 77.0 Å². The topological polar surface area (TPSA) is 78.9 Å². The summed E-state index contributed by atoms with van der Waals surface area (Å²) in [5.74, 6) is -1.00. The summed E-state index contributed by atoms with van der Waals surface area (Å²) in [6, 6.07) is 0. The molecule has 0 aliphatic rings. The van der Waals surface area contributed by atoms with Gasteiger partial charge >= 0.3 is 17.9 Å². The lowest BCUT2D eigenvalue weighted by atomic mass is 10.1. The van der Waals surface area contributed by atoms with Gasteiger partial charge in [0.05, 0.1) is 0 Å². The van der Waals surface area contributed by atoms with E-state index in [9.17, 15) is 14.4 Å². The highest BCUT2D eigenvalue weighted by atomic mass is 16.6. The second-order valence-electron chi connectivity index (χ2n) is 17.1. The fourth-order valence-electron chi connectivity index (χ4n) is 6.82. The van der Waals surface area contributed by atoms with Crippen molar-refractivity contribution in [1.29, 1.82) is 0 Å². The Morgan fingerprint density at radius 3 is 1.12 bits per heavy atom. The zero-order valence-electron chi connectivity index (χ0n) is 42.0. The zero-order valence-corrected chi connectivity index (χ0v) is 42.0. The van der Waals surface area contributed by atoms with Gasteiger partial charge in [-0.1, -0.05) is 207 Å². The number of carbonyl (C=O) groups is 3. The highest BCUT2D eigenvalue weighted by molar-refractivity contribution is 5.71. The van der Waals surface area contributed by atoms with Gasteiger partial charge < -0.3 is 14.2 Å². The fourth-order valence-corrected chi connectivity index (χ4v) is 6.82. The molecule has 65 heavy (non-hydrogen) atoms. The lowest BCUT2D eigenvalue weighted by molar-refractivity contribution is -0.167. The van der Waals surface area contributed by atoms with Crippen molar-refractivity contribution < 1.29 is 28.6 Å². The quantitative estimate of drug-likeness (QED) is 0.0199. The largest absolute Gasteiger partial charge is 0.462 e. The summed E-state index contributed by atoms with van der Waals surface area (Å²) in [6.07, 6.45) is 70.7. The number of unbranched alkanes of at least 4 members (excludes halogenated alkanes) is 19. The van der Waals surface area contributed by atoms with Crippen molar-refractivity contribution in [3.8, 4) is 0 Å². The summed E-state index contributed by atoms with van der Waals surface area (Å²) in [5.41, 5.74) is 0. The Kier molecular flexibility index (Phi) is 49.5. The monoisotopic (exact) mass is 901 g/mol. The van der Waals surface area contributed by atoms with E-state index in [1.54, 1.807) is 0 Å². The van der Waals surface area contributed by atoms with Gasteiger partial charge in [-0.2, -0.15) is 0 Å². The number of allylic oxidation sites excluding steroid dienone is 18. The Hall–Kier alpha value is -3.93. The normalized spacial score (nSPS) is 13.0. The lowest BCUT2D eigenvalue weighted by Gasteiger charge is -2.18. The molecule has 1 atom stereocenters. The van der Waals surface area contributed by atoms with Crippen LogP contribution < -0.4 is 0 Å². The minimum absolute atomic E-state index is 0.111. The van der Waals surface area contributed by atoms with Gasteiger partial charge in [0, 0.05) is 19.3 Å². The molecule has 0 saturated heterocycles. The summed E-state index contributed by atoms with van der Waals surface area (Å²) in [6.45, 7) is 6.37. The van der Waals surface area contributed by atoms with Crippen molar-refractivity contribution in [2.24, 2.45) is 0 Å². The third-order valence-electron chi connectivity index (χ3n) is 10.8. The number of hydrogen-bond acceptors (Lipinski definition) is 6. The van der Waals surface area contributed by atoms with Crippen LogP contribution in [-0.4, -0.2) is 37.2 Å². The molecule has 0 heterocycles. The van der Waals surface area contributed by atoms with Gasteiger partial charge in [-0.15, -0.1) is 0 Å². The van der Waals surface area contributed by atoms with Crippen molar-refractivity contribution in [2.45, 2.75) is 232 Å². The number of carbonyl (C=O) groups excluding carboxylic acids is 3. The van der Waals surface area contributed by atoms with Crippen molar-refractivity contribution in [3.63, 3.8) is 0 Å². The van der Waals surface area contributed by atoms with Gasteiger partial charge in [0.2, 0.25) is 0 Å². The predicted octanol–water partition coefficient (Wildman–Crippen LogP) is 17.5. The molecule has 0 aromatic carbocycles. The van der Waals surface area contributed by atoms with Crippen LogP contribution >= 0.6 is 0 Å². The van der Waals surface area contributed by atoms with Crippen molar-refractivity contribution in [2.75, 3.05) is 13.2 Å². The average molecular weight is 901 g/mol. The van der Waals surface area contributed by atoms with Crippen molar-refractivity contribution in [3.05, 3.63) is 109 Å². The van der Waals surface area contributed by atoms with Crippen LogP contribution in [0.15, 0.2) is 109 Å². The molecule has 0 amide bonds. The number of esters is 3. The molecule has 0 radical (unpaired) electrons. The molecule has 368 valence electrons. The third kappa shape index (κ3) is 50.9. The van der Waals surface area contributed by atoms with Crippen LogP contribution in [-0.2, 0) is 28.6 Å². The number of rotatable bonds is 46. The Balaban J connectivity index is 4.52. The molecule has 0 saturated carbocycles. The Morgan fingerprint density at radius 2 is 0.677 bits per heavy atom. The average Bonchev–Trinajstić information content (AvgIpc) is 3.30. The Labute approximate surface area is 400 Å². The first-order valence-corrected chi connectivity index (χ1v) is 26.4. The van der Waals surface area contributed by atoms with Gasteiger partial charge in [-0.3, -0.25) is 14.4 Å². The van der Waals surface area contributed by atoms with Gasteiger partial charge in [0.25, 0.3) is 0 Å². The molecule has 0 aromatic rings. The molecule has 0 aliphatic carbocycles. The van der Waals surface area contributed by atoms with E-state index in [2.05, 4.69) is 130 Å². The van der Waals surface area contributed by atoms with Crippen LogP contribution in [0.3, 0.4) is 0 Å². The van der Waals surface area contributed by atoms with E-state index >= 15 is 0 Å². The molecule has 1 unspecified atom stereocenters. The van der Waals surface area contributed by atoms with E-state index < -0.39 is 6.10 Å². The predicted molar refractivity (Wildman–Crippen MR) is 279 cm³/mol. The molecule has 0 aromatic heterocycles. The fraction of sp³-hybridized carbons (Fsp3) is 0.644. The highest BCUT2D eigenvalue weighted by Crippen LogP contribution is 2.13. The van der Waals surface area contributed by atoms with Crippen LogP contribution in [0, 0.1) is 0 Å². The maximum atomic E-state index is 12.8. The standard InChI is InChI=1S/C59H96O6/c1-4-7-10-13-16-19-22-25-27-29-31-34-37-40-43-46-49-52-58(61)64-55-56(54-63-57(60)51-48-45-42-39-36-33-24-21-18-15-12-9-6-3)65-59(62)53-50-47-44-41-38-35-32-30-28-26-23-20-17-14-11-8-5-2/h9,12,15-21,24-28,31,34,40,43,56H,4-8,10-11,13-14,22-23,29-30,32-33,35-39,41-42,44-55H2,1-3H3/b12-9+,18-15+,19-16+,20-17+,24-21+,27-25+,28-26+,34-31+,43-40+. The SMILES string of the molecule is CC/C=C/C=C/C=C/CCCCCCCC(=O)OCC(COC(=O)CCC/C=C/C/C=C/C/C=C/C/C=C/CCCCC)OC(=O)CCCCCCCCC/C=C/C/C=C/CCCCC. The van der Waals surface area contributed by atoms with Crippen molar-refractivity contribution >= 4 is 17.9 Å². The van der Waals surface area contributed by atoms with E-state index in [4.69, 9.17) is 14.2 Å². The second kappa shape index (κ2) is 52.7. The second-order valence-corrected chi connectivity index (χ2v) is 17.1. The first-order chi connectivity index (χ1) is 32.0. The summed E-state index contributed by atoms with van der Waals surface area (Å²) in [5, 5.41) is 0. The molecule has 0 N–H and O–H groups in total. The highest BCUT2D eigenvalue weighted by Gasteiger charge is 2.19. The Morgan fingerprint density at radius 1 is 0.338 bits per heavy atom. The molecule has 0 bridgehead atoms. The maximum Gasteiger partial charge on any atom is 0.306 e. The van der Waals surface area contributed by atoms with Crippen molar-refractivity contribution in [1.82, 2.24) is 0 Å². The first-order valence-electron chi connectivity index (χ1n) is 26.4. The van der Waals surface area contributed by atoms with Gasteiger partial charge in [-0.25, -0.2) is 0 Å². The molecular weight excluding hydrogens is 805 g/mol. The molecule has 0 spiro atoms. The Bertz CT molecular complexity index is 1360.